The fourth-order valence-electron chi connectivity index (χ4n) is 2.08. The summed E-state index contributed by atoms with van der Waals surface area (Å²) in [6.45, 7) is 9.10. The van der Waals surface area contributed by atoms with Gasteiger partial charge in [-0.2, -0.15) is 5.10 Å². The van der Waals surface area contributed by atoms with E-state index in [9.17, 15) is 5.11 Å². The summed E-state index contributed by atoms with van der Waals surface area (Å²) in [5, 5.41) is 16.0. The molecule has 3 nitrogen and oxygen atoms in total. The van der Waals surface area contributed by atoms with Crippen LogP contribution in [0.2, 0.25) is 0 Å². The van der Waals surface area contributed by atoms with Crippen molar-refractivity contribution in [2.24, 2.45) is 5.41 Å². The second-order valence-electron chi connectivity index (χ2n) is 5.87. The predicted molar refractivity (Wildman–Crippen MR) is 74.6 cm³/mol. The van der Waals surface area contributed by atoms with Gasteiger partial charge in [-0.15, -0.1) is 0 Å². The van der Waals surface area contributed by atoms with E-state index >= 15 is 0 Å². The van der Waals surface area contributed by atoms with Gasteiger partial charge in [-0.25, -0.2) is 0 Å². The Morgan fingerprint density at radius 2 is 1.94 bits per heavy atom. The third-order valence-corrected chi connectivity index (χ3v) is 3.42. The molecule has 1 aromatic carbocycles. The van der Waals surface area contributed by atoms with E-state index in [2.05, 4.69) is 44.9 Å². The van der Waals surface area contributed by atoms with Gasteiger partial charge in [-0.05, 0) is 18.4 Å². The number of hydrogen-bond acceptors (Lipinski definition) is 2. The van der Waals surface area contributed by atoms with Crippen molar-refractivity contribution in [2.45, 2.75) is 46.8 Å². The van der Waals surface area contributed by atoms with Gasteiger partial charge in [0.05, 0.1) is 17.3 Å². The molecule has 0 saturated heterocycles. The first kappa shape index (κ1) is 13.1. The van der Waals surface area contributed by atoms with Crippen LogP contribution in [0.5, 0.6) is 0 Å². The van der Waals surface area contributed by atoms with Crippen LogP contribution in [0.25, 0.3) is 10.9 Å². The Labute approximate surface area is 108 Å². The van der Waals surface area contributed by atoms with E-state index in [1.54, 1.807) is 0 Å². The number of aliphatic hydroxyl groups excluding tert-OH is 1. The van der Waals surface area contributed by atoms with Gasteiger partial charge >= 0.3 is 0 Å². The molecule has 0 spiro atoms. The molecule has 1 aromatic heterocycles. The lowest BCUT2D eigenvalue weighted by Gasteiger charge is -2.25. The van der Waals surface area contributed by atoms with Gasteiger partial charge in [0.2, 0.25) is 0 Å². The summed E-state index contributed by atoms with van der Waals surface area (Å²) in [7, 11) is 0. The highest BCUT2D eigenvalue weighted by molar-refractivity contribution is 5.82. The summed E-state index contributed by atoms with van der Waals surface area (Å²) in [6.07, 6.45) is 0.234. The standard InChI is InChI=1S/C15H22N2O/c1-5-17-13-9-7-6-8-11(13)12(16-17)10-14(18)15(2,3)4/h6-9,14,18H,5,10H2,1-4H3. The fraction of sp³-hybridized carbons (Fsp3) is 0.533. The maximum atomic E-state index is 10.2. The van der Waals surface area contributed by atoms with E-state index < -0.39 is 0 Å². The average molecular weight is 246 g/mol. The van der Waals surface area contributed by atoms with E-state index in [0.29, 0.717) is 6.42 Å². The zero-order chi connectivity index (χ0) is 13.3. The van der Waals surface area contributed by atoms with Crippen LogP contribution < -0.4 is 0 Å². The predicted octanol–water partition coefficient (Wildman–Crippen LogP) is 3.01. The first-order valence-corrected chi connectivity index (χ1v) is 6.56. The van der Waals surface area contributed by atoms with Crippen LogP contribution in [0.4, 0.5) is 0 Å². The Morgan fingerprint density at radius 1 is 1.28 bits per heavy atom. The van der Waals surface area contributed by atoms with Gasteiger partial charge in [0, 0.05) is 18.4 Å². The number of aliphatic hydroxyl groups is 1. The van der Waals surface area contributed by atoms with Crippen LogP contribution in [-0.2, 0) is 13.0 Å². The first-order valence-electron chi connectivity index (χ1n) is 6.56. The maximum absolute atomic E-state index is 10.2. The number of benzene rings is 1. The van der Waals surface area contributed by atoms with E-state index in [4.69, 9.17) is 0 Å². The van der Waals surface area contributed by atoms with Gasteiger partial charge in [0.1, 0.15) is 0 Å². The average Bonchev–Trinajstić information content (AvgIpc) is 2.67. The van der Waals surface area contributed by atoms with Crippen LogP contribution in [0.3, 0.4) is 0 Å². The molecule has 2 aromatic rings. The van der Waals surface area contributed by atoms with Gasteiger partial charge in [0.25, 0.3) is 0 Å². The molecule has 0 aliphatic rings. The van der Waals surface area contributed by atoms with E-state index in [-0.39, 0.29) is 11.5 Å². The number of rotatable bonds is 3. The Bertz CT molecular complexity index is 537. The highest BCUT2D eigenvalue weighted by atomic mass is 16.3. The molecule has 3 heteroatoms. The summed E-state index contributed by atoms with van der Waals surface area (Å²) in [6, 6.07) is 8.22. The third-order valence-electron chi connectivity index (χ3n) is 3.42. The quantitative estimate of drug-likeness (QED) is 0.904. The fourth-order valence-corrected chi connectivity index (χ4v) is 2.08. The summed E-state index contributed by atoms with van der Waals surface area (Å²) in [5.74, 6) is 0. The van der Waals surface area contributed by atoms with E-state index in [1.165, 1.54) is 0 Å². The molecule has 1 N–H and O–H groups in total. The van der Waals surface area contributed by atoms with Crippen molar-refractivity contribution in [3.05, 3.63) is 30.0 Å². The normalized spacial score (nSPS) is 14.1. The molecule has 2 rings (SSSR count). The molecule has 98 valence electrons. The molecule has 1 heterocycles. The summed E-state index contributed by atoms with van der Waals surface area (Å²) < 4.78 is 2.00. The van der Waals surface area contributed by atoms with Crippen LogP contribution in [-0.4, -0.2) is 21.0 Å². The second kappa shape index (κ2) is 4.73. The van der Waals surface area contributed by atoms with Crippen LogP contribution in [0.1, 0.15) is 33.4 Å². The first-order chi connectivity index (χ1) is 8.43. The topological polar surface area (TPSA) is 38.0 Å². The van der Waals surface area contributed by atoms with Crippen molar-refractivity contribution in [3.63, 3.8) is 0 Å². The number of para-hydroxylation sites is 1. The number of aryl methyl sites for hydroxylation is 1. The van der Waals surface area contributed by atoms with Crippen molar-refractivity contribution in [2.75, 3.05) is 0 Å². The second-order valence-corrected chi connectivity index (χ2v) is 5.87. The largest absolute Gasteiger partial charge is 0.392 e. The van der Waals surface area contributed by atoms with Gasteiger partial charge in [0.15, 0.2) is 0 Å². The van der Waals surface area contributed by atoms with E-state index in [1.807, 2.05) is 16.8 Å². The minimum atomic E-state index is -0.374. The maximum Gasteiger partial charge on any atom is 0.0729 e. The summed E-state index contributed by atoms with van der Waals surface area (Å²) in [5.41, 5.74) is 2.03. The SMILES string of the molecule is CCn1nc(CC(O)C(C)(C)C)c2ccccc21. The molecule has 0 bridgehead atoms. The lowest BCUT2D eigenvalue weighted by atomic mass is 9.86. The lowest BCUT2D eigenvalue weighted by Crippen LogP contribution is -2.28. The molecular weight excluding hydrogens is 224 g/mol. The minimum Gasteiger partial charge on any atom is -0.392 e. The van der Waals surface area contributed by atoms with Crippen molar-refractivity contribution >= 4 is 10.9 Å². The van der Waals surface area contributed by atoms with Crippen LogP contribution >= 0.6 is 0 Å². The minimum absolute atomic E-state index is 0.114. The van der Waals surface area contributed by atoms with Crippen molar-refractivity contribution in [1.29, 1.82) is 0 Å². The van der Waals surface area contributed by atoms with Gasteiger partial charge in [-0.3, -0.25) is 4.68 Å². The van der Waals surface area contributed by atoms with E-state index in [0.717, 1.165) is 23.1 Å². The number of nitrogens with zero attached hydrogens (tertiary/aromatic N) is 2. The Hall–Kier alpha value is -1.35. The molecule has 0 radical (unpaired) electrons. The van der Waals surface area contributed by atoms with Crippen molar-refractivity contribution in [3.8, 4) is 0 Å². The lowest BCUT2D eigenvalue weighted by molar-refractivity contribution is 0.0629. The Balaban J connectivity index is 2.40. The summed E-state index contributed by atoms with van der Waals surface area (Å²) in [4.78, 5) is 0. The third kappa shape index (κ3) is 2.41. The van der Waals surface area contributed by atoms with Gasteiger partial charge < -0.3 is 5.11 Å². The zero-order valence-electron chi connectivity index (χ0n) is 11.6. The van der Waals surface area contributed by atoms with Crippen molar-refractivity contribution < 1.29 is 5.11 Å². The highest BCUT2D eigenvalue weighted by Crippen LogP contribution is 2.25. The van der Waals surface area contributed by atoms with Crippen LogP contribution in [0.15, 0.2) is 24.3 Å². The van der Waals surface area contributed by atoms with Gasteiger partial charge in [-0.1, -0.05) is 39.0 Å². The Morgan fingerprint density at radius 3 is 2.56 bits per heavy atom. The molecule has 1 unspecified atom stereocenters. The zero-order valence-corrected chi connectivity index (χ0v) is 11.6. The number of hydrogen-bond donors (Lipinski definition) is 1. The molecule has 0 amide bonds. The van der Waals surface area contributed by atoms with Crippen LogP contribution in [0, 0.1) is 5.41 Å². The molecule has 18 heavy (non-hydrogen) atoms. The smallest absolute Gasteiger partial charge is 0.0729 e. The highest BCUT2D eigenvalue weighted by Gasteiger charge is 2.24. The molecule has 1 atom stereocenters. The molecule has 0 saturated carbocycles. The molecular formula is C15H22N2O. The number of aromatic nitrogens is 2. The summed E-state index contributed by atoms with van der Waals surface area (Å²) >= 11 is 0. The number of fused-ring (bicyclic) bond motifs is 1. The molecule has 0 aliphatic carbocycles. The molecule has 0 aliphatic heterocycles. The Kier molecular flexibility index (Phi) is 3.44. The molecule has 0 fully saturated rings. The van der Waals surface area contributed by atoms with Crippen molar-refractivity contribution in [1.82, 2.24) is 9.78 Å². The monoisotopic (exact) mass is 246 g/mol.